The van der Waals surface area contributed by atoms with Crippen LogP contribution in [-0.2, 0) is 19.6 Å². The Bertz CT molecular complexity index is 703. The summed E-state index contributed by atoms with van der Waals surface area (Å²) in [5.41, 5.74) is 0.716. The summed E-state index contributed by atoms with van der Waals surface area (Å²) in [7, 11) is -3.76. The largest absolute Gasteiger partial charge is 0.480 e. The number of nitrogens with zero attached hydrogens (tertiary/aromatic N) is 1. The van der Waals surface area contributed by atoms with E-state index in [-0.39, 0.29) is 23.4 Å². The lowest BCUT2D eigenvalue weighted by Crippen LogP contribution is -2.47. The minimum atomic E-state index is -3.76. The summed E-state index contributed by atoms with van der Waals surface area (Å²) in [5.74, 6) is -1.28. The summed E-state index contributed by atoms with van der Waals surface area (Å²) < 4.78 is 22.5. The molecule has 140 valence electrons. The highest BCUT2D eigenvalue weighted by Crippen LogP contribution is 2.16. The number of carbonyl (C=O) groups is 2. The molecule has 0 aliphatic carbocycles. The fourth-order valence-electron chi connectivity index (χ4n) is 2.40. The Morgan fingerprint density at radius 2 is 1.80 bits per heavy atom. The minimum absolute atomic E-state index is 0.00118. The molecule has 1 aromatic carbocycles. The van der Waals surface area contributed by atoms with Crippen LogP contribution < -0.4 is 10.5 Å². The summed E-state index contributed by atoms with van der Waals surface area (Å²) >= 11 is 0. The molecule has 0 bridgehead atoms. The predicted octanol–water partition coefficient (Wildman–Crippen LogP) is 0.696. The average Bonchev–Trinajstić information content (AvgIpc) is 2.52. The third-order valence-corrected chi connectivity index (χ3v) is 4.77. The van der Waals surface area contributed by atoms with Crippen LogP contribution in [-0.4, -0.2) is 49.4 Å². The number of amides is 1. The third kappa shape index (κ3) is 6.45. The van der Waals surface area contributed by atoms with Crippen molar-refractivity contribution in [2.45, 2.75) is 44.2 Å². The Morgan fingerprint density at radius 3 is 2.24 bits per heavy atom. The van der Waals surface area contributed by atoms with Crippen LogP contribution in [0.2, 0.25) is 0 Å². The summed E-state index contributed by atoms with van der Waals surface area (Å²) in [6, 6.07) is 4.96. The second kappa shape index (κ2) is 8.93. The van der Waals surface area contributed by atoms with Crippen LogP contribution in [0.4, 0.5) is 0 Å². The molecule has 4 N–H and O–H groups in total. The lowest BCUT2D eigenvalue weighted by Gasteiger charge is -2.27. The van der Waals surface area contributed by atoms with Gasteiger partial charge in [-0.3, -0.25) is 14.5 Å². The van der Waals surface area contributed by atoms with Gasteiger partial charge in [-0.25, -0.2) is 13.6 Å². The molecule has 2 unspecified atom stereocenters. The van der Waals surface area contributed by atoms with Crippen LogP contribution in [0.1, 0.15) is 38.8 Å². The number of rotatable bonds is 9. The fraction of sp³-hybridized carbons (Fsp3) is 0.500. The molecule has 0 radical (unpaired) electrons. The van der Waals surface area contributed by atoms with Gasteiger partial charge in [0, 0.05) is 0 Å². The van der Waals surface area contributed by atoms with Crippen LogP contribution in [0.15, 0.2) is 29.2 Å². The van der Waals surface area contributed by atoms with Crippen molar-refractivity contribution >= 4 is 21.9 Å². The molecule has 0 saturated carbocycles. The molecule has 1 rings (SSSR count). The van der Waals surface area contributed by atoms with Crippen molar-refractivity contribution in [1.29, 1.82) is 0 Å². The highest BCUT2D eigenvalue weighted by Gasteiger charge is 2.24. The molecule has 2 atom stereocenters. The predicted molar refractivity (Wildman–Crippen MR) is 93.3 cm³/mol. The standard InChI is InChI=1S/C16H25N3O5S/c1-4-9-19(10-15(20)21)12(3)16(22)18-11(2)13-5-7-14(8-6-13)25(17,23)24/h5-8,11-12H,4,9-10H2,1-3H3,(H,18,22)(H,20,21)(H2,17,23,24). The van der Waals surface area contributed by atoms with Crippen LogP contribution >= 0.6 is 0 Å². The van der Waals surface area contributed by atoms with Gasteiger partial charge in [-0.2, -0.15) is 0 Å². The Morgan fingerprint density at radius 1 is 1.24 bits per heavy atom. The second-order valence-corrected chi connectivity index (χ2v) is 7.45. The van der Waals surface area contributed by atoms with E-state index in [0.717, 1.165) is 6.42 Å². The number of hydrogen-bond donors (Lipinski definition) is 3. The molecule has 0 fully saturated rings. The highest BCUT2D eigenvalue weighted by molar-refractivity contribution is 7.89. The molecular weight excluding hydrogens is 346 g/mol. The van der Waals surface area contributed by atoms with E-state index in [9.17, 15) is 18.0 Å². The topological polar surface area (TPSA) is 130 Å². The number of hydrogen-bond acceptors (Lipinski definition) is 5. The van der Waals surface area contributed by atoms with E-state index in [1.807, 2.05) is 6.92 Å². The van der Waals surface area contributed by atoms with Crippen molar-refractivity contribution in [3.8, 4) is 0 Å². The van der Waals surface area contributed by atoms with Crippen LogP contribution in [0.3, 0.4) is 0 Å². The fourth-order valence-corrected chi connectivity index (χ4v) is 2.92. The molecule has 9 heteroatoms. The van der Waals surface area contributed by atoms with E-state index in [0.29, 0.717) is 12.1 Å². The van der Waals surface area contributed by atoms with Gasteiger partial charge in [-0.05, 0) is 44.5 Å². The Hall–Kier alpha value is -1.97. The van der Waals surface area contributed by atoms with E-state index >= 15 is 0 Å². The van der Waals surface area contributed by atoms with Gasteiger partial charge in [0.05, 0.1) is 23.5 Å². The van der Waals surface area contributed by atoms with Crippen molar-refractivity contribution in [1.82, 2.24) is 10.2 Å². The summed E-state index contributed by atoms with van der Waals surface area (Å²) in [6.45, 7) is 5.62. The Kier molecular flexibility index (Phi) is 7.53. The highest BCUT2D eigenvalue weighted by atomic mass is 32.2. The average molecular weight is 371 g/mol. The molecule has 0 aromatic heterocycles. The molecule has 1 amide bonds. The van der Waals surface area contributed by atoms with E-state index in [2.05, 4.69) is 5.32 Å². The van der Waals surface area contributed by atoms with Crippen molar-refractivity contribution in [3.63, 3.8) is 0 Å². The number of nitrogens with two attached hydrogens (primary N) is 1. The molecule has 25 heavy (non-hydrogen) atoms. The van der Waals surface area contributed by atoms with Gasteiger partial charge in [-0.1, -0.05) is 19.1 Å². The summed E-state index contributed by atoms with van der Waals surface area (Å²) in [5, 5.41) is 16.8. The van der Waals surface area contributed by atoms with Crippen molar-refractivity contribution in [2.24, 2.45) is 5.14 Å². The lowest BCUT2D eigenvalue weighted by atomic mass is 10.1. The molecule has 0 saturated heterocycles. The SMILES string of the molecule is CCCN(CC(=O)O)C(C)C(=O)NC(C)c1ccc(S(N)(=O)=O)cc1. The Labute approximate surface area is 148 Å². The van der Waals surface area contributed by atoms with Gasteiger partial charge >= 0.3 is 5.97 Å². The number of benzene rings is 1. The van der Waals surface area contributed by atoms with Gasteiger partial charge < -0.3 is 10.4 Å². The normalized spacial score (nSPS) is 14.1. The van der Waals surface area contributed by atoms with Gasteiger partial charge in [0.2, 0.25) is 15.9 Å². The summed E-state index contributed by atoms with van der Waals surface area (Å²) in [6.07, 6.45) is 0.732. The minimum Gasteiger partial charge on any atom is -0.480 e. The van der Waals surface area contributed by atoms with Gasteiger partial charge in [0.15, 0.2) is 0 Å². The molecule has 0 heterocycles. The molecular formula is C16H25N3O5S. The molecule has 0 aliphatic heterocycles. The number of carboxylic acids is 1. The number of carbonyl (C=O) groups excluding carboxylic acids is 1. The lowest BCUT2D eigenvalue weighted by molar-refractivity contribution is -0.140. The Balaban J connectivity index is 2.78. The second-order valence-electron chi connectivity index (χ2n) is 5.88. The number of sulfonamides is 1. The van der Waals surface area contributed by atoms with E-state index in [1.54, 1.807) is 30.9 Å². The zero-order valence-electron chi connectivity index (χ0n) is 14.6. The quantitative estimate of drug-likeness (QED) is 0.586. The summed E-state index contributed by atoms with van der Waals surface area (Å²) in [4.78, 5) is 24.9. The van der Waals surface area contributed by atoms with E-state index in [1.165, 1.54) is 12.1 Å². The number of aliphatic carboxylic acids is 1. The van der Waals surface area contributed by atoms with Gasteiger partial charge in [0.25, 0.3) is 0 Å². The smallest absolute Gasteiger partial charge is 0.317 e. The first-order valence-corrected chi connectivity index (χ1v) is 9.49. The van der Waals surface area contributed by atoms with Crippen molar-refractivity contribution in [3.05, 3.63) is 29.8 Å². The first-order valence-electron chi connectivity index (χ1n) is 7.95. The van der Waals surface area contributed by atoms with Gasteiger partial charge in [-0.15, -0.1) is 0 Å². The first-order chi connectivity index (χ1) is 11.6. The molecule has 1 aromatic rings. The maximum atomic E-state index is 12.4. The van der Waals surface area contributed by atoms with Crippen LogP contribution in [0.25, 0.3) is 0 Å². The van der Waals surface area contributed by atoms with Crippen LogP contribution in [0.5, 0.6) is 0 Å². The monoisotopic (exact) mass is 371 g/mol. The van der Waals surface area contributed by atoms with Gasteiger partial charge in [0.1, 0.15) is 0 Å². The van der Waals surface area contributed by atoms with Crippen molar-refractivity contribution in [2.75, 3.05) is 13.1 Å². The molecule has 0 spiro atoms. The van der Waals surface area contributed by atoms with Crippen molar-refractivity contribution < 1.29 is 23.1 Å². The number of carboxylic acid groups (broad SMARTS) is 1. The maximum Gasteiger partial charge on any atom is 0.317 e. The zero-order valence-corrected chi connectivity index (χ0v) is 15.4. The molecule has 8 nitrogen and oxygen atoms in total. The number of nitrogens with one attached hydrogen (secondary N) is 1. The van der Waals surface area contributed by atoms with E-state index < -0.39 is 22.0 Å². The van der Waals surface area contributed by atoms with Crippen LogP contribution in [0, 0.1) is 0 Å². The molecule has 0 aliphatic rings. The first kappa shape index (κ1) is 21.1. The van der Waals surface area contributed by atoms with E-state index in [4.69, 9.17) is 10.2 Å². The number of primary sulfonamides is 1. The third-order valence-electron chi connectivity index (χ3n) is 3.84. The zero-order chi connectivity index (χ0) is 19.2. The maximum absolute atomic E-state index is 12.4.